The minimum absolute atomic E-state index is 0.0595. The lowest BCUT2D eigenvalue weighted by Gasteiger charge is -2.26. The monoisotopic (exact) mass is 342 g/mol. The van der Waals surface area contributed by atoms with E-state index in [9.17, 15) is 4.79 Å². The van der Waals surface area contributed by atoms with Gasteiger partial charge in [0, 0.05) is 21.9 Å². The molecule has 0 radical (unpaired) electrons. The molecule has 1 aromatic carbocycles. The number of rotatable bonds is 4. The summed E-state index contributed by atoms with van der Waals surface area (Å²) in [5.41, 5.74) is 1.51. The van der Waals surface area contributed by atoms with Crippen LogP contribution in [0.25, 0.3) is 0 Å². The Hall–Kier alpha value is -1.23. The Morgan fingerprint density at radius 1 is 1.60 bits per heavy atom. The predicted octanol–water partition coefficient (Wildman–Crippen LogP) is 3.53. The zero-order valence-electron chi connectivity index (χ0n) is 12.1. The van der Waals surface area contributed by atoms with E-state index in [1.165, 1.54) is 0 Å². The number of carboxylic acids is 1. The number of hydrogen-bond donors (Lipinski definition) is 1. The minimum Gasteiger partial charge on any atom is -0.493 e. The summed E-state index contributed by atoms with van der Waals surface area (Å²) in [4.78, 5) is 11.1. The van der Waals surface area contributed by atoms with Crippen molar-refractivity contribution in [3.05, 3.63) is 21.7 Å². The van der Waals surface area contributed by atoms with E-state index in [2.05, 4.69) is 15.9 Å². The summed E-state index contributed by atoms with van der Waals surface area (Å²) >= 11 is 3.62. The number of halogens is 1. The highest BCUT2D eigenvalue weighted by molar-refractivity contribution is 9.10. The SMILES string of the molecule is COc1cc(C(C)(C)CC(=O)O)c(Br)c2c1OC(C)C2. The number of carboxylic acid groups (broad SMARTS) is 1. The molecule has 1 aliphatic rings. The fourth-order valence-electron chi connectivity index (χ4n) is 2.63. The van der Waals surface area contributed by atoms with Crippen LogP contribution in [0.15, 0.2) is 10.5 Å². The Labute approximate surface area is 127 Å². The summed E-state index contributed by atoms with van der Waals surface area (Å²) in [6, 6.07) is 1.88. The molecule has 1 heterocycles. The van der Waals surface area contributed by atoms with Crippen LogP contribution in [-0.2, 0) is 16.6 Å². The molecule has 1 aliphatic heterocycles. The van der Waals surface area contributed by atoms with Crippen molar-refractivity contribution in [3.63, 3.8) is 0 Å². The van der Waals surface area contributed by atoms with Crippen molar-refractivity contribution in [1.82, 2.24) is 0 Å². The Kier molecular flexibility index (Phi) is 4.00. The summed E-state index contributed by atoms with van der Waals surface area (Å²) in [6.45, 7) is 5.85. The van der Waals surface area contributed by atoms with Gasteiger partial charge in [0.05, 0.1) is 13.5 Å². The van der Waals surface area contributed by atoms with Crippen LogP contribution in [0.4, 0.5) is 0 Å². The van der Waals surface area contributed by atoms with E-state index in [4.69, 9.17) is 14.6 Å². The van der Waals surface area contributed by atoms with Crippen LogP contribution in [0, 0.1) is 0 Å². The first kappa shape index (κ1) is 15.2. The van der Waals surface area contributed by atoms with E-state index in [0.29, 0.717) is 5.75 Å². The van der Waals surface area contributed by atoms with Crippen LogP contribution >= 0.6 is 15.9 Å². The highest BCUT2D eigenvalue weighted by atomic mass is 79.9. The van der Waals surface area contributed by atoms with E-state index < -0.39 is 11.4 Å². The van der Waals surface area contributed by atoms with Crippen LogP contribution in [0.3, 0.4) is 0 Å². The van der Waals surface area contributed by atoms with Crippen LogP contribution in [-0.4, -0.2) is 24.3 Å². The van der Waals surface area contributed by atoms with Crippen molar-refractivity contribution in [1.29, 1.82) is 0 Å². The lowest BCUT2D eigenvalue weighted by Crippen LogP contribution is -2.22. The molecule has 20 heavy (non-hydrogen) atoms. The van der Waals surface area contributed by atoms with Gasteiger partial charge >= 0.3 is 5.97 Å². The van der Waals surface area contributed by atoms with Gasteiger partial charge in [0.15, 0.2) is 11.5 Å². The summed E-state index contributed by atoms with van der Waals surface area (Å²) in [7, 11) is 1.60. The van der Waals surface area contributed by atoms with Gasteiger partial charge < -0.3 is 14.6 Å². The van der Waals surface area contributed by atoms with Crippen molar-refractivity contribution in [2.45, 2.75) is 45.1 Å². The van der Waals surface area contributed by atoms with E-state index in [1.807, 2.05) is 26.8 Å². The standard InChI is InChI=1S/C15H19BrO4/c1-8-5-9-13(16)10(15(2,3)7-12(17)18)6-11(19-4)14(9)20-8/h6,8H,5,7H2,1-4H3,(H,17,18). The number of ether oxygens (including phenoxy) is 2. The summed E-state index contributed by atoms with van der Waals surface area (Å²) in [5, 5.41) is 9.09. The molecule has 1 unspecified atom stereocenters. The van der Waals surface area contributed by atoms with Gasteiger partial charge in [0.25, 0.3) is 0 Å². The first-order valence-electron chi connectivity index (χ1n) is 6.54. The van der Waals surface area contributed by atoms with E-state index in [1.54, 1.807) is 7.11 Å². The van der Waals surface area contributed by atoms with Crippen molar-refractivity contribution >= 4 is 21.9 Å². The Morgan fingerprint density at radius 2 is 2.25 bits per heavy atom. The molecule has 0 amide bonds. The van der Waals surface area contributed by atoms with Gasteiger partial charge in [-0.25, -0.2) is 0 Å². The van der Waals surface area contributed by atoms with Crippen molar-refractivity contribution in [2.75, 3.05) is 7.11 Å². The van der Waals surface area contributed by atoms with Gasteiger partial charge in [-0.1, -0.05) is 29.8 Å². The molecule has 0 saturated carbocycles. The van der Waals surface area contributed by atoms with Gasteiger partial charge in [-0.3, -0.25) is 4.79 Å². The van der Waals surface area contributed by atoms with Gasteiger partial charge in [-0.05, 0) is 18.6 Å². The molecule has 5 heteroatoms. The van der Waals surface area contributed by atoms with Crippen LogP contribution in [0.5, 0.6) is 11.5 Å². The molecule has 0 fully saturated rings. The highest BCUT2D eigenvalue weighted by Gasteiger charge is 2.33. The molecule has 4 nitrogen and oxygen atoms in total. The van der Waals surface area contributed by atoms with Crippen molar-refractivity contribution in [3.8, 4) is 11.5 Å². The minimum atomic E-state index is -0.814. The Balaban J connectivity index is 2.56. The molecule has 0 saturated heterocycles. The average molecular weight is 343 g/mol. The van der Waals surface area contributed by atoms with Gasteiger partial charge in [0.1, 0.15) is 6.10 Å². The molecule has 1 N–H and O–H groups in total. The second-order valence-electron chi connectivity index (χ2n) is 5.84. The maximum Gasteiger partial charge on any atom is 0.304 e. The number of hydrogen-bond acceptors (Lipinski definition) is 3. The van der Waals surface area contributed by atoms with E-state index in [-0.39, 0.29) is 12.5 Å². The summed E-state index contributed by atoms with van der Waals surface area (Å²) < 4.78 is 12.1. The number of benzene rings is 1. The van der Waals surface area contributed by atoms with Crippen molar-refractivity contribution < 1.29 is 19.4 Å². The highest BCUT2D eigenvalue weighted by Crippen LogP contribution is 2.47. The van der Waals surface area contributed by atoms with Gasteiger partial charge in [-0.2, -0.15) is 0 Å². The number of fused-ring (bicyclic) bond motifs is 1. The molecule has 1 aromatic rings. The number of methoxy groups -OCH3 is 1. The molecule has 0 aliphatic carbocycles. The van der Waals surface area contributed by atoms with Gasteiger partial charge in [0.2, 0.25) is 0 Å². The van der Waals surface area contributed by atoms with Crippen LogP contribution < -0.4 is 9.47 Å². The summed E-state index contributed by atoms with van der Waals surface area (Å²) in [6.07, 6.45) is 0.959. The molecule has 0 aromatic heterocycles. The summed E-state index contributed by atoms with van der Waals surface area (Å²) in [5.74, 6) is 0.619. The fraction of sp³-hybridized carbons (Fsp3) is 0.533. The number of aliphatic carboxylic acids is 1. The molecule has 2 rings (SSSR count). The molecule has 0 spiro atoms. The van der Waals surface area contributed by atoms with E-state index >= 15 is 0 Å². The smallest absolute Gasteiger partial charge is 0.304 e. The predicted molar refractivity (Wildman–Crippen MR) is 79.8 cm³/mol. The average Bonchev–Trinajstić information content (AvgIpc) is 2.70. The molecule has 110 valence electrons. The fourth-order valence-corrected chi connectivity index (χ4v) is 3.62. The Morgan fingerprint density at radius 3 is 2.80 bits per heavy atom. The molecular formula is C15H19BrO4. The molecule has 1 atom stereocenters. The maximum absolute atomic E-state index is 11.1. The first-order chi connectivity index (χ1) is 9.26. The first-order valence-corrected chi connectivity index (χ1v) is 7.34. The zero-order chi connectivity index (χ0) is 15.1. The second-order valence-corrected chi connectivity index (χ2v) is 6.63. The maximum atomic E-state index is 11.1. The Bertz CT molecular complexity index is 551. The zero-order valence-corrected chi connectivity index (χ0v) is 13.7. The van der Waals surface area contributed by atoms with E-state index in [0.717, 1.165) is 27.8 Å². The van der Waals surface area contributed by atoms with Gasteiger partial charge in [-0.15, -0.1) is 0 Å². The van der Waals surface area contributed by atoms with Crippen molar-refractivity contribution in [2.24, 2.45) is 0 Å². The third-order valence-electron chi connectivity index (χ3n) is 3.63. The largest absolute Gasteiger partial charge is 0.493 e. The second kappa shape index (κ2) is 5.28. The topological polar surface area (TPSA) is 55.8 Å². The molecular weight excluding hydrogens is 324 g/mol. The lowest BCUT2D eigenvalue weighted by atomic mass is 9.80. The third-order valence-corrected chi connectivity index (χ3v) is 4.53. The van der Waals surface area contributed by atoms with Crippen LogP contribution in [0.1, 0.15) is 38.3 Å². The third kappa shape index (κ3) is 2.64. The quantitative estimate of drug-likeness (QED) is 0.909. The lowest BCUT2D eigenvalue weighted by molar-refractivity contribution is -0.138. The molecule has 0 bridgehead atoms. The van der Waals surface area contributed by atoms with Crippen LogP contribution in [0.2, 0.25) is 0 Å². The number of carbonyl (C=O) groups is 1. The normalized spacial score (nSPS) is 17.6.